The highest BCUT2D eigenvalue weighted by Crippen LogP contribution is 2.15. The van der Waals surface area contributed by atoms with E-state index in [9.17, 15) is 0 Å². The van der Waals surface area contributed by atoms with Crippen LogP contribution in [0.5, 0.6) is 0 Å². The van der Waals surface area contributed by atoms with E-state index in [0.717, 1.165) is 6.42 Å². The predicted molar refractivity (Wildman–Crippen MR) is 80.5 cm³/mol. The summed E-state index contributed by atoms with van der Waals surface area (Å²) < 4.78 is 0. The number of benzene rings is 2. The minimum Gasteiger partial charge on any atom is -0.0984 e. The summed E-state index contributed by atoms with van der Waals surface area (Å²) >= 11 is 0. The molecule has 0 bridgehead atoms. The van der Waals surface area contributed by atoms with Gasteiger partial charge in [-0.1, -0.05) is 78.9 Å². The average molecular weight is 234 g/mol. The highest BCUT2D eigenvalue weighted by atomic mass is 14.0. The topological polar surface area (TPSA) is 0 Å². The Morgan fingerprint density at radius 2 is 1.78 bits per heavy atom. The third-order valence-corrected chi connectivity index (χ3v) is 2.96. The Morgan fingerprint density at radius 3 is 2.50 bits per heavy atom. The van der Waals surface area contributed by atoms with E-state index in [1.807, 2.05) is 12.1 Å². The first-order chi connectivity index (χ1) is 8.79. The summed E-state index contributed by atoms with van der Waals surface area (Å²) in [7, 11) is 0. The highest BCUT2D eigenvalue weighted by Gasteiger charge is 1.95. The van der Waals surface area contributed by atoms with Gasteiger partial charge < -0.3 is 0 Å². The lowest BCUT2D eigenvalue weighted by atomic mass is 10.0. The molecule has 0 amide bonds. The number of aryl methyl sites for hydroxylation is 1. The summed E-state index contributed by atoms with van der Waals surface area (Å²) in [5.41, 5.74) is 5.02. The van der Waals surface area contributed by atoms with Crippen molar-refractivity contribution in [3.8, 4) is 0 Å². The van der Waals surface area contributed by atoms with Gasteiger partial charge in [-0.3, -0.25) is 0 Å². The average Bonchev–Trinajstić information content (AvgIpc) is 2.41. The lowest BCUT2D eigenvalue weighted by Gasteiger charge is -2.02. The monoisotopic (exact) mass is 234 g/mol. The standard InChI is InChI=1S/C18H18/c1-3-17-14-15(2)12-13-18(17)11-7-10-16-8-5-4-6-9-16/h3-9,11-14H,1,10H2,2H3/b11-7-. The van der Waals surface area contributed by atoms with E-state index in [1.54, 1.807) is 0 Å². The molecule has 0 radical (unpaired) electrons. The van der Waals surface area contributed by atoms with Crippen LogP contribution in [0.25, 0.3) is 12.2 Å². The minimum absolute atomic E-state index is 0.964. The number of rotatable bonds is 4. The Morgan fingerprint density at radius 1 is 1.00 bits per heavy atom. The molecule has 2 rings (SSSR count). The summed E-state index contributed by atoms with van der Waals surface area (Å²) in [4.78, 5) is 0. The van der Waals surface area contributed by atoms with Gasteiger partial charge in [-0.2, -0.15) is 0 Å². The summed E-state index contributed by atoms with van der Waals surface area (Å²) in [5, 5.41) is 0. The maximum Gasteiger partial charge on any atom is -0.00941 e. The van der Waals surface area contributed by atoms with Crippen LogP contribution in [0, 0.1) is 6.92 Å². The highest BCUT2D eigenvalue weighted by molar-refractivity contribution is 5.65. The van der Waals surface area contributed by atoms with E-state index in [1.165, 1.54) is 22.3 Å². The zero-order valence-corrected chi connectivity index (χ0v) is 10.8. The maximum atomic E-state index is 3.87. The van der Waals surface area contributed by atoms with Crippen LogP contribution >= 0.6 is 0 Å². The molecule has 0 nitrogen and oxygen atoms in total. The van der Waals surface area contributed by atoms with Crippen molar-refractivity contribution in [2.45, 2.75) is 13.3 Å². The zero-order valence-electron chi connectivity index (χ0n) is 10.8. The molecule has 0 fully saturated rings. The van der Waals surface area contributed by atoms with Crippen molar-refractivity contribution in [1.29, 1.82) is 0 Å². The van der Waals surface area contributed by atoms with E-state index in [-0.39, 0.29) is 0 Å². The predicted octanol–water partition coefficient (Wildman–Crippen LogP) is 4.89. The molecule has 0 atom stereocenters. The van der Waals surface area contributed by atoms with Gasteiger partial charge in [0.05, 0.1) is 0 Å². The molecule has 0 spiro atoms. The third kappa shape index (κ3) is 3.21. The van der Waals surface area contributed by atoms with E-state index in [0.29, 0.717) is 0 Å². The molecule has 0 aliphatic rings. The molecule has 90 valence electrons. The molecule has 2 aromatic rings. The molecule has 0 saturated carbocycles. The molecule has 0 unspecified atom stereocenters. The Kier molecular flexibility index (Phi) is 4.14. The Labute approximate surface area is 109 Å². The van der Waals surface area contributed by atoms with Crippen molar-refractivity contribution in [1.82, 2.24) is 0 Å². The van der Waals surface area contributed by atoms with Gasteiger partial charge in [0.15, 0.2) is 0 Å². The smallest absolute Gasteiger partial charge is 0.00941 e. The van der Waals surface area contributed by atoms with Gasteiger partial charge in [0.2, 0.25) is 0 Å². The minimum atomic E-state index is 0.964. The van der Waals surface area contributed by atoms with Crippen molar-refractivity contribution in [3.05, 3.63) is 83.4 Å². The SMILES string of the molecule is C=Cc1cc(C)ccc1/C=C\Cc1ccccc1. The zero-order chi connectivity index (χ0) is 12.8. The molecule has 2 aromatic carbocycles. The molecule has 0 aliphatic heterocycles. The maximum absolute atomic E-state index is 3.87. The Hall–Kier alpha value is -2.08. The molecule has 0 saturated heterocycles. The van der Waals surface area contributed by atoms with Crippen molar-refractivity contribution < 1.29 is 0 Å². The summed E-state index contributed by atoms with van der Waals surface area (Å²) in [6.07, 6.45) is 7.25. The van der Waals surface area contributed by atoms with Crippen LogP contribution in [0.4, 0.5) is 0 Å². The van der Waals surface area contributed by atoms with Crippen molar-refractivity contribution >= 4 is 12.2 Å². The lowest BCUT2D eigenvalue weighted by molar-refractivity contribution is 1.28. The van der Waals surface area contributed by atoms with Crippen molar-refractivity contribution in [2.24, 2.45) is 0 Å². The van der Waals surface area contributed by atoms with Crippen molar-refractivity contribution in [2.75, 3.05) is 0 Å². The van der Waals surface area contributed by atoms with Crippen LogP contribution < -0.4 is 0 Å². The van der Waals surface area contributed by atoms with E-state index < -0.39 is 0 Å². The first-order valence-electron chi connectivity index (χ1n) is 6.23. The van der Waals surface area contributed by atoms with Crippen molar-refractivity contribution in [3.63, 3.8) is 0 Å². The van der Waals surface area contributed by atoms with Crippen LogP contribution in [-0.4, -0.2) is 0 Å². The van der Waals surface area contributed by atoms with Crippen LogP contribution in [0.3, 0.4) is 0 Å². The van der Waals surface area contributed by atoms with Gasteiger partial charge in [-0.25, -0.2) is 0 Å². The lowest BCUT2D eigenvalue weighted by Crippen LogP contribution is -1.83. The third-order valence-electron chi connectivity index (χ3n) is 2.96. The summed E-state index contributed by atoms with van der Waals surface area (Å²) in [6.45, 7) is 5.97. The number of hydrogen-bond donors (Lipinski definition) is 0. The van der Waals surface area contributed by atoms with Crippen LogP contribution in [0.1, 0.15) is 22.3 Å². The van der Waals surface area contributed by atoms with Crippen LogP contribution in [0.15, 0.2) is 61.2 Å². The molecule has 0 aromatic heterocycles. The Balaban J connectivity index is 2.12. The largest absolute Gasteiger partial charge is 0.0984 e. The van der Waals surface area contributed by atoms with Crippen LogP contribution in [0.2, 0.25) is 0 Å². The number of hydrogen-bond acceptors (Lipinski definition) is 0. The Bertz CT molecular complexity index is 548. The fraction of sp³-hybridized carbons (Fsp3) is 0.111. The first kappa shape index (κ1) is 12.4. The molecule has 0 heterocycles. The molecule has 0 aliphatic carbocycles. The fourth-order valence-electron chi connectivity index (χ4n) is 1.96. The first-order valence-corrected chi connectivity index (χ1v) is 6.23. The number of allylic oxidation sites excluding steroid dienone is 1. The summed E-state index contributed by atoms with van der Waals surface area (Å²) in [5.74, 6) is 0. The molecule has 0 heteroatoms. The van der Waals surface area contributed by atoms with Gasteiger partial charge in [-0.15, -0.1) is 0 Å². The molecule has 0 N–H and O–H groups in total. The molecular formula is C18H18. The second-order valence-corrected chi connectivity index (χ2v) is 4.43. The van der Waals surface area contributed by atoms with Gasteiger partial charge in [-0.05, 0) is 30.0 Å². The normalized spacial score (nSPS) is 10.7. The van der Waals surface area contributed by atoms with Gasteiger partial charge in [0.25, 0.3) is 0 Å². The summed E-state index contributed by atoms with van der Waals surface area (Å²) in [6, 6.07) is 16.9. The van der Waals surface area contributed by atoms with Crippen LogP contribution in [-0.2, 0) is 6.42 Å². The second-order valence-electron chi connectivity index (χ2n) is 4.43. The van der Waals surface area contributed by atoms with E-state index >= 15 is 0 Å². The van der Waals surface area contributed by atoms with Gasteiger partial charge in [0.1, 0.15) is 0 Å². The van der Waals surface area contributed by atoms with E-state index in [4.69, 9.17) is 0 Å². The second kappa shape index (κ2) is 6.02. The molecule has 18 heavy (non-hydrogen) atoms. The fourth-order valence-corrected chi connectivity index (χ4v) is 1.96. The molecular weight excluding hydrogens is 216 g/mol. The quantitative estimate of drug-likeness (QED) is 0.706. The van der Waals surface area contributed by atoms with Gasteiger partial charge in [0, 0.05) is 0 Å². The van der Waals surface area contributed by atoms with E-state index in [2.05, 4.69) is 68.1 Å². The van der Waals surface area contributed by atoms with Gasteiger partial charge >= 0.3 is 0 Å².